The largest absolute Gasteiger partial charge is 0.507 e. The summed E-state index contributed by atoms with van der Waals surface area (Å²) in [5, 5.41) is 10.3. The van der Waals surface area contributed by atoms with E-state index in [4.69, 9.17) is 23.2 Å². The van der Waals surface area contributed by atoms with Crippen molar-refractivity contribution in [3.63, 3.8) is 0 Å². The number of phenols is 1. The van der Waals surface area contributed by atoms with E-state index in [1.807, 2.05) is 0 Å². The van der Waals surface area contributed by atoms with E-state index in [0.29, 0.717) is 5.56 Å². The lowest BCUT2D eigenvalue weighted by Gasteiger charge is -2.12. The predicted octanol–water partition coefficient (Wildman–Crippen LogP) is 5.25. The molecule has 3 aromatic carbocycles. The Morgan fingerprint density at radius 2 is 1.56 bits per heavy atom. The molecule has 0 aliphatic carbocycles. The van der Waals surface area contributed by atoms with Crippen LogP contribution >= 0.6 is 23.2 Å². The summed E-state index contributed by atoms with van der Waals surface area (Å²) < 4.78 is 27.7. The number of hydrogen-bond donors (Lipinski definition) is 2. The highest BCUT2D eigenvalue weighted by Gasteiger charge is 2.17. The number of aliphatic imine (C=N–C) groups is 1. The fourth-order valence-electron chi connectivity index (χ4n) is 2.26. The van der Waals surface area contributed by atoms with Crippen LogP contribution in [0.1, 0.15) is 5.56 Å². The zero-order valence-corrected chi connectivity index (χ0v) is 16.1. The average Bonchev–Trinajstić information content (AvgIpc) is 2.65. The van der Waals surface area contributed by atoms with Crippen molar-refractivity contribution in [2.75, 3.05) is 4.72 Å². The van der Waals surface area contributed by atoms with E-state index in [2.05, 4.69) is 9.71 Å². The van der Waals surface area contributed by atoms with Crippen LogP contribution in [0.4, 0.5) is 11.4 Å². The SMILES string of the molecule is O=S(=O)(Nc1cc(Cl)c(Cl)cc1N=Cc1ccccc1O)c1ccccc1. The molecule has 0 fully saturated rings. The van der Waals surface area contributed by atoms with Crippen molar-refractivity contribution in [2.45, 2.75) is 4.90 Å². The van der Waals surface area contributed by atoms with Gasteiger partial charge in [0.05, 0.1) is 26.3 Å². The molecule has 0 atom stereocenters. The molecule has 3 aromatic rings. The maximum Gasteiger partial charge on any atom is 0.261 e. The number of hydrogen-bond acceptors (Lipinski definition) is 4. The van der Waals surface area contributed by atoms with Crippen molar-refractivity contribution in [1.82, 2.24) is 0 Å². The first-order valence-corrected chi connectivity index (χ1v) is 10.00. The molecule has 0 aromatic heterocycles. The van der Waals surface area contributed by atoms with Gasteiger partial charge in [-0.25, -0.2) is 8.42 Å². The molecular weight excluding hydrogens is 407 g/mol. The van der Waals surface area contributed by atoms with Crippen LogP contribution in [0.25, 0.3) is 0 Å². The van der Waals surface area contributed by atoms with Crippen LogP contribution in [-0.4, -0.2) is 19.7 Å². The number of sulfonamides is 1. The van der Waals surface area contributed by atoms with Gasteiger partial charge in [0.2, 0.25) is 0 Å². The Labute approximate surface area is 167 Å². The zero-order valence-electron chi connectivity index (χ0n) is 13.8. The van der Waals surface area contributed by atoms with Gasteiger partial charge in [-0.05, 0) is 36.4 Å². The fourth-order valence-corrected chi connectivity index (χ4v) is 3.67. The van der Waals surface area contributed by atoms with Gasteiger partial charge in [0.1, 0.15) is 5.75 Å². The first-order chi connectivity index (χ1) is 12.9. The number of rotatable bonds is 5. The predicted molar refractivity (Wildman–Crippen MR) is 109 cm³/mol. The van der Waals surface area contributed by atoms with E-state index in [1.54, 1.807) is 36.4 Å². The monoisotopic (exact) mass is 420 g/mol. The number of anilines is 1. The lowest BCUT2D eigenvalue weighted by atomic mass is 10.2. The highest BCUT2D eigenvalue weighted by molar-refractivity contribution is 7.92. The minimum absolute atomic E-state index is 0.0488. The van der Waals surface area contributed by atoms with Crippen molar-refractivity contribution in [3.05, 3.63) is 82.3 Å². The summed E-state index contributed by atoms with van der Waals surface area (Å²) in [6.07, 6.45) is 1.41. The van der Waals surface area contributed by atoms with Crippen LogP contribution in [0.5, 0.6) is 5.75 Å². The summed E-state index contributed by atoms with van der Waals surface area (Å²) in [5.74, 6) is 0.0488. The molecule has 3 rings (SSSR count). The van der Waals surface area contributed by atoms with Gasteiger partial charge in [0.15, 0.2) is 0 Å². The second-order valence-corrected chi connectivity index (χ2v) is 8.02. The van der Waals surface area contributed by atoms with Gasteiger partial charge in [0.25, 0.3) is 10.0 Å². The van der Waals surface area contributed by atoms with E-state index >= 15 is 0 Å². The van der Waals surface area contributed by atoms with E-state index in [9.17, 15) is 13.5 Å². The Bertz CT molecular complexity index is 1100. The molecule has 27 heavy (non-hydrogen) atoms. The van der Waals surface area contributed by atoms with Crippen LogP contribution in [0, 0.1) is 0 Å². The average molecular weight is 421 g/mol. The quantitative estimate of drug-likeness (QED) is 0.553. The van der Waals surface area contributed by atoms with Crippen LogP contribution in [0.15, 0.2) is 76.6 Å². The first-order valence-electron chi connectivity index (χ1n) is 7.76. The van der Waals surface area contributed by atoms with Gasteiger partial charge in [-0.1, -0.05) is 53.5 Å². The number of nitrogens with one attached hydrogen (secondary N) is 1. The lowest BCUT2D eigenvalue weighted by Crippen LogP contribution is -2.13. The molecule has 0 unspecified atom stereocenters. The zero-order chi connectivity index (χ0) is 19.4. The molecule has 0 amide bonds. The van der Waals surface area contributed by atoms with E-state index < -0.39 is 10.0 Å². The highest BCUT2D eigenvalue weighted by atomic mass is 35.5. The van der Waals surface area contributed by atoms with Crippen molar-refractivity contribution in [2.24, 2.45) is 4.99 Å². The van der Waals surface area contributed by atoms with Gasteiger partial charge in [-0.15, -0.1) is 0 Å². The summed E-state index contributed by atoms with van der Waals surface area (Å²) in [4.78, 5) is 4.37. The summed E-state index contributed by atoms with van der Waals surface area (Å²) in [6.45, 7) is 0. The van der Waals surface area contributed by atoms with Gasteiger partial charge >= 0.3 is 0 Å². The molecule has 138 valence electrons. The molecule has 0 saturated carbocycles. The minimum atomic E-state index is -3.83. The third-order valence-corrected chi connectivity index (χ3v) is 5.72. The van der Waals surface area contributed by atoms with E-state index in [0.717, 1.165) is 0 Å². The molecule has 0 aliphatic rings. The van der Waals surface area contributed by atoms with Crippen molar-refractivity contribution >= 4 is 50.8 Å². The first kappa shape index (κ1) is 19.2. The minimum Gasteiger partial charge on any atom is -0.507 e. The van der Waals surface area contributed by atoms with Gasteiger partial charge < -0.3 is 5.11 Å². The van der Waals surface area contributed by atoms with Crippen molar-refractivity contribution < 1.29 is 13.5 Å². The molecule has 2 N–H and O–H groups in total. The Balaban J connectivity index is 2.01. The highest BCUT2D eigenvalue weighted by Crippen LogP contribution is 2.35. The second kappa shape index (κ2) is 8.00. The van der Waals surface area contributed by atoms with Crippen molar-refractivity contribution in [1.29, 1.82) is 0 Å². The van der Waals surface area contributed by atoms with Crippen LogP contribution in [0.2, 0.25) is 10.0 Å². The molecule has 0 aliphatic heterocycles. The molecule has 0 spiro atoms. The summed E-state index contributed by atoms with van der Waals surface area (Å²) in [6, 6.07) is 17.4. The molecule has 5 nitrogen and oxygen atoms in total. The molecular formula is C19H14Cl2N2O3S. The summed E-state index contributed by atoms with van der Waals surface area (Å²) in [5.41, 5.74) is 0.896. The molecule has 0 saturated heterocycles. The summed E-state index contributed by atoms with van der Waals surface area (Å²) >= 11 is 12.1. The smallest absolute Gasteiger partial charge is 0.261 e. The maximum absolute atomic E-state index is 12.6. The Morgan fingerprint density at radius 3 is 2.26 bits per heavy atom. The number of phenolic OH excluding ortho intramolecular Hbond substituents is 1. The Hall–Kier alpha value is -2.54. The number of para-hydroxylation sites is 1. The van der Waals surface area contributed by atoms with E-state index in [-0.39, 0.29) is 32.1 Å². The number of aromatic hydroxyl groups is 1. The fraction of sp³-hybridized carbons (Fsp3) is 0. The van der Waals surface area contributed by atoms with Crippen molar-refractivity contribution in [3.8, 4) is 5.75 Å². The number of benzene rings is 3. The third-order valence-electron chi connectivity index (χ3n) is 3.62. The number of nitrogens with zero attached hydrogens (tertiary/aromatic N) is 1. The van der Waals surface area contributed by atoms with Gasteiger partial charge in [-0.2, -0.15) is 0 Å². The third kappa shape index (κ3) is 4.60. The van der Waals surface area contributed by atoms with E-state index in [1.165, 1.54) is 36.5 Å². The summed E-state index contributed by atoms with van der Waals surface area (Å²) in [7, 11) is -3.83. The topological polar surface area (TPSA) is 78.8 Å². The van der Waals surface area contributed by atoms with Crippen LogP contribution in [0.3, 0.4) is 0 Å². The van der Waals surface area contributed by atoms with Gasteiger partial charge in [0, 0.05) is 11.8 Å². The van der Waals surface area contributed by atoms with Gasteiger partial charge in [-0.3, -0.25) is 9.71 Å². The normalized spacial score (nSPS) is 11.6. The standard InChI is InChI=1S/C19H14Cl2N2O3S/c20-15-10-17(22-12-13-6-4-5-9-19(13)24)18(11-16(15)21)23-27(25,26)14-7-2-1-3-8-14/h1-12,23-24H. The molecule has 0 bridgehead atoms. The molecule has 0 heterocycles. The Morgan fingerprint density at radius 1 is 0.926 bits per heavy atom. The van der Waals surface area contributed by atoms with Crippen LogP contribution in [-0.2, 0) is 10.0 Å². The molecule has 8 heteroatoms. The van der Waals surface area contributed by atoms with Crippen LogP contribution < -0.4 is 4.72 Å². The number of halogens is 2. The molecule has 0 radical (unpaired) electrons. The Kier molecular flexibility index (Phi) is 5.70. The maximum atomic E-state index is 12.6. The lowest BCUT2D eigenvalue weighted by molar-refractivity contribution is 0.474. The second-order valence-electron chi connectivity index (χ2n) is 5.52.